The summed E-state index contributed by atoms with van der Waals surface area (Å²) in [6, 6.07) is 8.73. The summed E-state index contributed by atoms with van der Waals surface area (Å²) in [4.78, 5) is 20.3. The van der Waals surface area contributed by atoms with Gasteiger partial charge in [-0.2, -0.15) is 0 Å². The van der Waals surface area contributed by atoms with Crippen molar-refractivity contribution in [3.8, 4) is 0 Å². The molecule has 0 spiro atoms. The zero-order valence-electron chi connectivity index (χ0n) is 16.9. The van der Waals surface area contributed by atoms with Gasteiger partial charge in [0.25, 0.3) is 5.91 Å². The Morgan fingerprint density at radius 1 is 1.00 bits per heavy atom. The highest BCUT2D eigenvalue weighted by atomic mass is 16.2. The molecule has 1 aromatic carbocycles. The molecule has 4 rings (SSSR count). The number of rotatable bonds is 3. The Hall–Kier alpha value is -1.85. The lowest BCUT2D eigenvalue weighted by Crippen LogP contribution is -2.52. The number of aryl methyl sites for hydroxylation is 1. The lowest BCUT2D eigenvalue weighted by atomic mass is 9.88. The van der Waals surface area contributed by atoms with Crippen molar-refractivity contribution < 1.29 is 4.79 Å². The Morgan fingerprint density at radius 2 is 1.70 bits per heavy atom. The van der Waals surface area contributed by atoms with Gasteiger partial charge in [-0.05, 0) is 50.9 Å². The number of carbonyl (C=O) groups is 1. The average Bonchev–Trinajstić information content (AvgIpc) is 3.09. The van der Waals surface area contributed by atoms with E-state index in [1.165, 1.54) is 26.2 Å². The lowest BCUT2D eigenvalue weighted by Gasteiger charge is -2.42. The van der Waals surface area contributed by atoms with Crippen molar-refractivity contribution in [2.75, 3.05) is 46.3 Å². The van der Waals surface area contributed by atoms with Gasteiger partial charge in [0, 0.05) is 75.0 Å². The topological polar surface area (TPSA) is 31.7 Å². The zero-order chi connectivity index (χ0) is 19.0. The Kier molecular flexibility index (Phi) is 5.24. The molecule has 2 aliphatic rings. The number of benzene rings is 1. The number of aromatic nitrogens is 1. The SMILES string of the molecule is CC(C1CCN(C(=O)c2cccc3c2ccn3C)CC1)N1CCN(C)CC1. The summed E-state index contributed by atoms with van der Waals surface area (Å²) < 4.78 is 2.08. The van der Waals surface area contributed by atoms with Gasteiger partial charge in [-0.1, -0.05) is 6.07 Å². The number of piperidine rings is 1. The fourth-order valence-electron chi connectivity index (χ4n) is 4.77. The number of piperazine rings is 1. The van der Waals surface area contributed by atoms with Crippen molar-refractivity contribution >= 4 is 16.8 Å². The fourth-order valence-corrected chi connectivity index (χ4v) is 4.77. The molecule has 146 valence electrons. The van der Waals surface area contributed by atoms with Gasteiger partial charge in [0.1, 0.15) is 0 Å². The Labute approximate surface area is 162 Å². The van der Waals surface area contributed by atoms with E-state index >= 15 is 0 Å². The van der Waals surface area contributed by atoms with Crippen molar-refractivity contribution in [1.29, 1.82) is 0 Å². The van der Waals surface area contributed by atoms with Gasteiger partial charge in [-0.25, -0.2) is 0 Å². The maximum absolute atomic E-state index is 13.1. The van der Waals surface area contributed by atoms with Gasteiger partial charge in [-0.15, -0.1) is 0 Å². The second kappa shape index (κ2) is 7.64. The molecular weight excluding hydrogens is 336 g/mol. The number of carbonyl (C=O) groups excluding carboxylic acids is 1. The average molecular weight is 369 g/mol. The predicted octanol–water partition coefficient (Wildman–Crippen LogP) is 2.67. The van der Waals surface area contributed by atoms with Crippen LogP contribution in [0.4, 0.5) is 0 Å². The number of amides is 1. The van der Waals surface area contributed by atoms with Crippen molar-refractivity contribution in [3.05, 3.63) is 36.0 Å². The number of hydrogen-bond donors (Lipinski definition) is 0. The highest BCUT2D eigenvalue weighted by Crippen LogP contribution is 2.27. The molecule has 0 aliphatic carbocycles. The fraction of sp³-hybridized carbons (Fsp3) is 0.591. The molecule has 2 aliphatic heterocycles. The number of nitrogens with zero attached hydrogens (tertiary/aromatic N) is 4. The molecule has 1 amide bonds. The molecule has 5 nitrogen and oxygen atoms in total. The van der Waals surface area contributed by atoms with Crippen LogP contribution in [-0.2, 0) is 7.05 Å². The molecular formula is C22H32N4O. The second-order valence-electron chi connectivity index (χ2n) is 8.37. The minimum absolute atomic E-state index is 0.192. The van der Waals surface area contributed by atoms with Crippen LogP contribution in [0.15, 0.2) is 30.5 Å². The first kappa shape index (κ1) is 18.5. The van der Waals surface area contributed by atoms with Gasteiger partial charge in [0.15, 0.2) is 0 Å². The van der Waals surface area contributed by atoms with Crippen molar-refractivity contribution in [1.82, 2.24) is 19.3 Å². The van der Waals surface area contributed by atoms with Gasteiger partial charge in [0.05, 0.1) is 0 Å². The Bertz CT molecular complexity index is 798. The predicted molar refractivity (Wildman–Crippen MR) is 110 cm³/mol. The van der Waals surface area contributed by atoms with Crippen LogP contribution in [0, 0.1) is 5.92 Å². The van der Waals surface area contributed by atoms with E-state index in [9.17, 15) is 4.79 Å². The summed E-state index contributed by atoms with van der Waals surface area (Å²) in [6.45, 7) is 8.83. The van der Waals surface area contributed by atoms with Crippen LogP contribution < -0.4 is 0 Å². The summed E-state index contributed by atoms with van der Waals surface area (Å²) in [5, 5.41) is 1.07. The summed E-state index contributed by atoms with van der Waals surface area (Å²) >= 11 is 0. The van der Waals surface area contributed by atoms with E-state index in [0.717, 1.165) is 42.4 Å². The van der Waals surface area contributed by atoms with Crippen molar-refractivity contribution in [2.45, 2.75) is 25.8 Å². The molecule has 0 bridgehead atoms. The summed E-state index contributed by atoms with van der Waals surface area (Å²) in [5.41, 5.74) is 1.97. The quantitative estimate of drug-likeness (QED) is 0.835. The third kappa shape index (κ3) is 3.63. The molecule has 1 aromatic heterocycles. The van der Waals surface area contributed by atoms with Gasteiger partial charge in [-0.3, -0.25) is 9.69 Å². The highest BCUT2D eigenvalue weighted by Gasteiger charge is 2.31. The van der Waals surface area contributed by atoms with E-state index in [2.05, 4.69) is 45.4 Å². The molecule has 1 atom stereocenters. The monoisotopic (exact) mass is 368 g/mol. The van der Waals surface area contributed by atoms with E-state index in [-0.39, 0.29) is 5.91 Å². The van der Waals surface area contributed by atoms with Gasteiger partial charge >= 0.3 is 0 Å². The smallest absolute Gasteiger partial charge is 0.254 e. The normalized spacial score (nSPS) is 21.7. The first-order valence-corrected chi connectivity index (χ1v) is 10.3. The van der Waals surface area contributed by atoms with Crippen LogP contribution >= 0.6 is 0 Å². The molecule has 5 heteroatoms. The van der Waals surface area contributed by atoms with Crippen LogP contribution in [-0.4, -0.2) is 77.5 Å². The van der Waals surface area contributed by atoms with E-state index in [0.29, 0.717) is 12.0 Å². The first-order valence-electron chi connectivity index (χ1n) is 10.3. The number of fused-ring (bicyclic) bond motifs is 1. The van der Waals surface area contributed by atoms with Crippen molar-refractivity contribution in [3.63, 3.8) is 0 Å². The highest BCUT2D eigenvalue weighted by molar-refractivity contribution is 6.06. The molecule has 0 N–H and O–H groups in total. The molecule has 0 saturated carbocycles. The zero-order valence-corrected chi connectivity index (χ0v) is 16.9. The van der Waals surface area contributed by atoms with E-state index in [1.807, 2.05) is 25.4 Å². The Balaban J connectivity index is 1.39. The molecule has 2 aromatic rings. The standard InChI is InChI=1S/C22H32N4O/c1-17(25-15-13-23(2)14-16-25)18-7-11-26(12-8-18)22(27)20-5-4-6-21-19(20)9-10-24(21)3/h4-6,9-10,17-18H,7-8,11-16H2,1-3H3. The van der Waals surface area contributed by atoms with E-state index < -0.39 is 0 Å². The number of likely N-dealkylation sites (N-methyl/N-ethyl adjacent to an activating group) is 1. The molecule has 0 radical (unpaired) electrons. The van der Waals surface area contributed by atoms with Crippen LogP contribution in [0.25, 0.3) is 10.9 Å². The van der Waals surface area contributed by atoms with E-state index in [4.69, 9.17) is 0 Å². The maximum Gasteiger partial charge on any atom is 0.254 e. The van der Waals surface area contributed by atoms with E-state index in [1.54, 1.807) is 0 Å². The molecule has 2 saturated heterocycles. The number of hydrogen-bond acceptors (Lipinski definition) is 3. The largest absolute Gasteiger partial charge is 0.351 e. The minimum Gasteiger partial charge on any atom is -0.351 e. The third-order valence-electron chi connectivity index (χ3n) is 6.78. The third-order valence-corrected chi connectivity index (χ3v) is 6.78. The molecule has 3 heterocycles. The summed E-state index contributed by atoms with van der Waals surface area (Å²) in [5.74, 6) is 0.891. The minimum atomic E-state index is 0.192. The van der Waals surface area contributed by atoms with Crippen LogP contribution in [0.5, 0.6) is 0 Å². The molecule has 1 unspecified atom stereocenters. The maximum atomic E-state index is 13.1. The number of likely N-dealkylation sites (tertiary alicyclic amines) is 1. The summed E-state index contributed by atoms with van der Waals surface area (Å²) in [6.07, 6.45) is 4.26. The van der Waals surface area contributed by atoms with Gasteiger partial charge < -0.3 is 14.4 Å². The molecule has 27 heavy (non-hydrogen) atoms. The molecule has 2 fully saturated rings. The first-order chi connectivity index (χ1) is 13.0. The van der Waals surface area contributed by atoms with Gasteiger partial charge in [0.2, 0.25) is 0 Å². The van der Waals surface area contributed by atoms with Crippen LogP contribution in [0.2, 0.25) is 0 Å². The summed E-state index contributed by atoms with van der Waals surface area (Å²) in [7, 11) is 4.24. The van der Waals surface area contributed by atoms with Crippen molar-refractivity contribution in [2.24, 2.45) is 13.0 Å². The van der Waals surface area contributed by atoms with Crippen LogP contribution in [0.1, 0.15) is 30.1 Å². The Morgan fingerprint density at radius 3 is 2.41 bits per heavy atom. The van der Waals surface area contributed by atoms with Crippen LogP contribution in [0.3, 0.4) is 0 Å². The lowest BCUT2D eigenvalue weighted by molar-refractivity contribution is 0.0501. The second-order valence-corrected chi connectivity index (χ2v) is 8.37.